The summed E-state index contributed by atoms with van der Waals surface area (Å²) in [4.78, 5) is 40.1. The molecule has 27 heavy (non-hydrogen) atoms. The van der Waals surface area contributed by atoms with Crippen LogP contribution in [0, 0.1) is 0 Å². The normalized spacial score (nSPS) is 20.9. The Labute approximate surface area is 160 Å². The lowest BCUT2D eigenvalue weighted by atomic mass is 10.0. The molecule has 0 saturated carbocycles. The minimum absolute atomic E-state index is 0.0497. The van der Waals surface area contributed by atoms with E-state index in [1.165, 1.54) is 9.80 Å². The molecule has 0 spiro atoms. The summed E-state index contributed by atoms with van der Waals surface area (Å²) in [5, 5.41) is 9.89. The molecule has 1 heterocycles. The van der Waals surface area contributed by atoms with Crippen LogP contribution < -0.4 is 0 Å². The maximum Gasteiger partial charge on any atom is 0.411 e. The number of aliphatic hydroxyl groups is 1. The highest BCUT2D eigenvalue weighted by Gasteiger charge is 2.47. The van der Waals surface area contributed by atoms with Crippen molar-refractivity contribution in [1.82, 2.24) is 9.80 Å². The molecule has 2 amide bonds. The number of nitrogens with zero attached hydrogens (tertiary/aromatic N) is 2. The Bertz CT molecular complexity index is 551. The SMILES string of the molecule is CCOC(=O)[C@H]1[C@H](CO)N(C(=O)OC(C)(C)C)CCN1C(=O)OC(C)(C)C. The quantitative estimate of drug-likeness (QED) is 0.580. The molecule has 0 aliphatic carbocycles. The predicted octanol–water partition coefficient (Wildman–Crippen LogP) is 1.77. The predicted molar refractivity (Wildman–Crippen MR) is 97.2 cm³/mol. The number of piperazine rings is 1. The van der Waals surface area contributed by atoms with Gasteiger partial charge in [-0.05, 0) is 48.5 Å². The Morgan fingerprint density at radius 2 is 1.37 bits per heavy atom. The van der Waals surface area contributed by atoms with Gasteiger partial charge in [0.15, 0.2) is 6.04 Å². The van der Waals surface area contributed by atoms with Crippen molar-refractivity contribution in [3.63, 3.8) is 0 Å². The van der Waals surface area contributed by atoms with Crippen LogP contribution in [0.3, 0.4) is 0 Å². The molecule has 1 saturated heterocycles. The first-order valence-corrected chi connectivity index (χ1v) is 9.07. The number of amides is 2. The molecule has 9 nitrogen and oxygen atoms in total. The Hall–Kier alpha value is -2.03. The molecular weight excluding hydrogens is 356 g/mol. The van der Waals surface area contributed by atoms with E-state index < -0.39 is 48.0 Å². The summed E-state index contributed by atoms with van der Waals surface area (Å²) in [7, 11) is 0. The van der Waals surface area contributed by atoms with Crippen molar-refractivity contribution >= 4 is 18.2 Å². The van der Waals surface area contributed by atoms with Gasteiger partial charge in [-0.2, -0.15) is 0 Å². The zero-order valence-electron chi connectivity index (χ0n) is 17.3. The number of hydrogen-bond acceptors (Lipinski definition) is 7. The number of esters is 1. The molecule has 156 valence electrons. The van der Waals surface area contributed by atoms with Crippen LogP contribution in [-0.4, -0.2) is 82.7 Å². The van der Waals surface area contributed by atoms with Crippen molar-refractivity contribution in [2.24, 2.45) is 0 Å². The van der Waals surface area contributed by atoms with Crippen LogP contribution in [0.5, 0.6) is 0 Å². The average molecular weight is 388 g/mol. The topological polar surface area (TPSA) is 106 Å². The zero-order valence-corrected chi connectivity index (χ0v) is 17.3. The number of ether oxygens (including phenoxy) is 3. The largest absolute Gasteiger partial charge is 0.464 e. The van der Waals surface area contributed by atoms with Crippen molar-refractivity contribution in [3.05, 3.63) is 0 Å². The van der Waals surface area contributed by atoms with E-state index in [-0.39, 0.29) is 19.7 Å². The van der Waals surface area contributed by atoms with Gasteiger partial charge >= 0.3 is 18.2 Å². The third kappa shape index (κ3) is 6.57. The number of hydrogen-bond donors (Lipinski definition) is 1. The summed E-state index contributed by atoms with van der Waals surface area (Å²) in [6.45, 7) is 11.6. The van der Waals surface area contributed by atoms with Crippen LogP contribution >= 0.6 is 0 Å². The second kappa shape index (κ2) is 8.77. The van der Waals surface area contributed by atoms with Gasteiger partial charge in [0.1, 0.15) is 11.2 Å². The van der Waals surface area contributed by atoms with Gasteiger partial charge in [0.05, 0.1) is 19.3 Å². The van der Waals surface area contributed by atoms with Crippen molar-refractivity contribution < 1.29 is 33.7 Å². The lowest BCUT2D eigenvalue weighted by Crippen LogP contribution is -2.67. The van der Waals surface area contributed by atoms with Crippen molar-refractivity contribution in [2.75, 3.05) is 26.3 Å². The van der Waals surface area contributed by atoms with E-state index in [9.17, 15) is 19.5 Å². The molecule has 0 unspecified atom stereocenters. The summed E-state index contributed by atoms with van der Waals surface area (Å²) in [5.74, 6) is -0.712. The van der Waals surface area contributed by atoms with Gasteiger partial charge in [0, 0.05) is 13.1 Å². The summed E-state index contributed by atoms with van der Waals surface area (Å²) >= 11 is 0. The van der Waals surface area contributed by atoms with Gasteiger partial charge in [-0.3, -0.25) is 9.80 Å². The number of carbonyl (C=O) groups is 3. The number of rotatable bonds is 3. The minimum atomic E-state index is -1.19. The molecular formula is C18H32N2O7. The Morgan fingerprint density at radius 3 is 1.78 bits per heavy atom. The van der Waals surface area contributed by atoms with Crippen molar-refractivity contribution in [1.29, 1.82) is 0 Å². The summed E-state index contributed by atoms with van der Waals surface area (Å²) in [5.41, 5.74) is -1.49. The van der Waals surface area contributed by atoms with E-state index in [4.69, 9.17) is 14.2 Å². The minimum Gasteiger partial charge on any atom is -0.464 e. The maximum atomic E-state index is 12.6. The van der Waals surface area contributed by atoms with Gasteiger partial charge in [0.2, 0.25) is 0 Å². The monoisotopic (exact) mass is 388 g/mol. The van der Waals surface area contributed by atoms with E-state index in [1.807, 2.05) is 0 Å². The summed E-state index contributed by atoms with van der Waals surface area (Å²) < 4.78 is 15.8. The lowest BCUT2D eigenvalue weighted by molar-refractivity contribution is -0.155. The molecule has 0 aromatic carbocycles. The molecule has 2 atom stereocenters. The second-order valence-electron chi connectivity index (χ2n) is 8.29. The van der Waals surface area contributed by atoms with Gasteiger partial charge in [-0.15, -0.1) is 0 Å². The van der Waals surface area contributed by atoms with Gasteiger partial charge in [-0.25, -0.2) is 14.4 Å². The Kier molecular flexibility index (Phi) is 7.48. The zero-order chi connectivity index (χ0) is 21.0. The van der Waals surface area contributed by atoms with E-state index >= 15 is 0 Å². The van der Waals surface area contributed by atoms with Crippen LogP contribution in [0.25, 0.3) is 0 Å². The molecule has 1 N–H and O–H groups in total. The average Bonchev–Trinajstić information content (AvgIpc) is 2.50. The van der Waals surface area contributed by atoms with Gasteiger partial charge < -0.3 is 19.3 Å². The van der Waals surface area contributed by atoms with E-state index in [0.29, 0.717) is 0 Å². The summed E-state index contributed by atoms with van der Waals surface area (Å²) in [6.07, 6.45) is -1.37. The number of aliphatic hydroxyl groups excluding tert-OH is 1. The third-order valence-electron chi connectivity index (χ3n) is 3.65. The molecule has 0 aromatic heterocycles. The standard InChI is InChI=1S/C18H32N2O7/c1-8-25-14(22)13-12(11-21)19(15(23)26-17(2,3)4)9-10-20(13)16(24)27-18(5,6)7/h12-13,21H,8-11H2,1-7H3/t12-,13+/m0/s1. The highest BCUT2D eigenvalue weighted by molar-refractivity contribution is 5.84. The van der Waals surface area contributed by atoms with Crippen molar-refractivity contribution in [2.45, 2.75) is 71.8 Å². The Balaban J connectivity index is 3.15. The molecule has 1 aliphatic rings. The number of carbonyl (C=O) groups excluding carboxylic acids is 3. The summed E-state index contributed by atoms with van der Waals surface area (Å²) in [6, 6.07) is -2.19. The van der Waals surface area contributed by atoms with E-state index in [2.05, 4.69) is 0 Å². The van der Waals surface area contributed by atoms with Crippen LogP contribution in [0.15, 0.2) is 0 Å². The fraction of sp³-hybridized carbons (Fsp3) is 0.833. The van der Waals surface area contributed by atoms with Crippen LogP contribution in [0.2, 0.25) is 0 Å². The van der Waals surface area contributed by atoms with E-state index in [1.54, 1.807) is 48.5 Å². The smallest absolute Gasteiger partial charge is 0.411 e. The second-order valence-corrected chi connectivity index (χ2v) is 8.29. The molecule has 0 aromatic rings. The highest BCUT2D eigenvalue weighted by atomic mass is 16.6. The van der Waals surface area contributed by atoms with Gasteiger partial charge in [0.25, 0.3) is 0 Å². The molecule has 0 bridgehead atoms. The van der Waals surface area contributed by atoms with Crippen LogP contribution in [0.4, 0.5) is 9.59 Å². The maximum absolute atomic E-state index is 12.6. The first kappa shape index (κ1) is 23.0. The van der Waals surface area contributed by atoms with Crippen molar-refractivity contribution in [3.8, 4) is 0 Å². The van der Waals surface area contributed by atoms with Crippen LogP contribution in [0.1, 0.15) is 48.5 Å². The molecule has 1 aliphatic heterocycles. The Morgan fingerprint density at radius 1 is 0.926 bits per heavy atom. The molecule has 1 rings (SSSR count). The van der Waals surface area contributed by atoms with Gasteiger partial charge in [-0.1, -0.05) is 0 Å². The molecule has 1 fully saturated rings. The van der Waals surface area contributed by atoms with Crippen LogP contribution in [-0.2, 0) is 19.0 Å². The molecule has 0 radical (unpaired) electrons. The third-order valence-corrected chi connectivity index (χ3v) is 3.65. The lowest BCUT2D eigenvalue weighted by Gasteiger charge is -2.45. The first-order valence-electron chi connectivity index (χ1n) is 9.07. The van der Waals surface area contributed by atoms with E-state index in [0.717, 1.165) is 0 Å². The first-order chi connectivity index (χ1) is 12.3. The molecule has 9 heteroatoms. The fourth-order valence-electron chi connectivity index (χ4n) is 2.68. The fourth-order valence-corrected chi connectivity index (χ4v) is 2.68. The highest BCUT2D eigenvalue weighted by Crippen LogP contribution is 2.24.